The topological polar surface area (TPSA) is 53.1 Å². The molecule has 0 unspecified atom stereocenters. The molecule has 0 atom stereocenters. The Balaban J connectivity index is 2.06. The highest BCUT2D eigenvalue weighted by Crippen LogP contribution is 2.15. The number of rotatable bonds is 4. The van der Waals surface area contributed by atoms with Crippen LogP contribution in [0.4, 0.5) is 0 Å². The summed E-state index contributed by atoms with van der Waals surface area (Å²) >= 11 is 0. The molecule has 104 valence electrons. The van der Waals surface area contributed by atoms with Crippen molar-refractivity contribution in [2.75, 3.05) is 6.54 Å². The molecule has 1 aromatic carbocycles. The second-order valence-corrected chi connectivity index (χ2v) is 4.42. The van der Waals surface area contributed by atoms with Gasteiger partial charge in [-0.3, -0.25) is 4.68 Å². The first-order chi connectivity index (χ1) is 9.72. The predicted octanol–water partition coefficient (Wildman–Crippen LogP) is 2.10. The van der Waals surface area contributed by atoms with Crippen molar-refractivity contribution >= 4 is 0 Å². The number of benzene rings is 1. The van der Waals surface area contributed by atoms with Crippen molar-refractivity contribution < 1.29 is 4.74 Å². The van der Waals surface area contributed by atoms with Crippen LogP contribution in [-0.2, 0) is 13.2 Å². The Labute approximate surface area is 119 Å². The summed E-state index contributed by atoms with van der Waals surface area (Å²) in [7, 11) is 0. The van der Waals surface area contributed by atoms with Crippen LogP contribution >= 0.6 is 0 Å². The number of aromatic nitrogens is 2. The van der Waals surface area contributed by atoms with Gasteiger partial charge < -0.3 is 10.5 Å². The molecule has 0 amide bonds. The molecule has 0 spiro atoms. The minimum Gasteiger partial charge on any atom is -0.487 e. The smallest absolute Gasteiger partial charge is 0.130 e. The summed E-state index contributed by atoms with van der Waals surface area (Å²) in [5.74, 6) is 6.63. The van der Waals surface area contributed by atoms with E-state index in [0.717, 1.165) is 29.2 Å². The lowest BCUT2D eigenvalue weighted by Crippen LogP contribution is -2.06. The molecule has 2 N–H and O–H groups in total. The van der Waals surface area contributed by atoms with Crippen LogP contribution in [0.25, 0.3) is 0 Å². The van der Waals surface area contributed by atoms with Crippen molar-refractivity contribution in [1.29, 1.82) is 0 Å². The molecule has 1 heterocycles. The van der Waals surface area contributed by atoms with Gasteiger partial charge in [-0.2, -0.15) is 5.10 Å². The van der Waals surface area contributed by atoms with E-state index in [0.29, 0.717) is 13.2 Å². The summed E-state index contributed by atoms with van der Waals surface area (Å²) in [4.78, 5) is 0. The normalized spacial score (nSPS) is 9.95. The van der Waals surface area contributed by atoms with Gasteiger partial charge in [-0.25, -0.2) is 0 Å². The van der Waals surface area contributed by atoms with Gasteiger partial charge in [-0.1, -0.05) is 17.9 Å². The van der Waals surface area contributed by atoms with Crippen LogP contribution in [0.2, 0.25) is 0 Å². The average Bonchev–Trinajstić information content (AvgIpc) is 2.83. The van der Waals surface area contributed by atoms with E-state index in [-0.39, 0.29) is 0 Å². The first-order valence-corrected chi connectivity index (χ1v) is 6.68. The average molecular weight is 269 g/mol. The van der Waals surface area contributed by atoms with E-state index >= 15 is 0 Å². The highest BCUT2D eigenvalue weighted by atomic mass is 16.5. The van der Waals surface area contributed by atoms with Crippen LogP contribution in [0.5, 0.6) is 5.75 Å². The molecule has 0 aliphatic rings. The maximum Gasteiger partial charge on any atom is 0.130 e. The van der Waals surface area contributed by atoms with Crippen LogP contribution in [0.15, 0.2) is 30.3 Å². The lowest BCUT2D eigenvalue weighted by molar-refractivity contribution is 0.292. The minimum absolute atomic E-state index is 0.361. The molecule has 0 fully saturated rings. The van der Waals surface area contributed by atoms with Gasteiger partial charge in [-0.05, 0) is 38.1 Å². The number of nitrogens with zero attached hydrogens (tertiary/aromatic N) is 2. The molecule has 0 aliphatic heterocycles. The highest BCUT2D eigenvalue weighted by molar-refractivity contribution is 5.39. The van der Waals surface area contributed by atoms with Gasteiger partial charge in [0.05, 0.1) is 17.9 Å². The first kappa shape index (κ1) is 14.2. The Bertz CT molecular complexity index is 635. The molecular formula is C16H19N3O. The van der Waals surface area contributed by atoms with Crippen molar-refractivity contribution in [1.82, 2.24) is 9.78 Å². The first-order valence-electron chi connectivity index (χ1n) is 6.68. The summed E-state index contributed by atoms with van der Waals surface area (Å²) in [6.45, 7) is 5.76. The van der Waals surface area contributed by atoms with Crippen LogP contribution < -0.4 is 10.5 Å². The predicted molar refractivity (Wildman–Crippen MR) is 79.3 cm³/mol. The minimum atomic E-state index is 0.361. The van der Waals surface area contributed by atoms with Crippen LogP contribution in [-0.4, -0.2) is 16.3 Å². The molecule has 0 radical (unpaired) electrons. The van der Waals surface area contributed by atoms with Crippen molar-refractivity contribution in [3.63, 3.8) is 0 Å². The summed E-state index contributed by atoms with van der Waals surface area (Å²) < 4.78 is 7.76. The van der Waals surface area contributed by atoms with E-state index in [4.69, 9.17) is 10.5 Å². The Morgan fingerprint density at radius 2 is 2.20 bits per heavy atom. The van der Waals surface area contributed by atoms with Gasteiger partial charge in [0.1, 0.15) is 12.4 Å². The largest absolute Gasteiger partial charge is 0.487 e. The van der Waals surface area contributed by atoms with Gasteiger partial charge >= 0.3 is 0 Å². The SMILES string of the molecule is CCn1nc(C)cc1COc1cccc(C#CCN)c1. The van der Waals surface area contributed by atoms with Gasteiger partial charge in [0, 0.05) is 12.1 Å². The Morgan fingerprint density at radius 3 is 2.95 bits per heavy atom. The molecule has 0 aliphatic carbocycles. The van der Waals surface area contributed by atoms with Crippen molar-refractivity contribution in [3.8, 4) is 17.6 Å². The number of hydrogen-bond donors (Lipinski definition) is 1. The lowest BCUT2D eigenvalue weighted by Gasteiger charge is -2.07. The molecule has 4 heteroatoms. The van der Waals surface area contributed by atoms with E-state index in [9.17, 15) is 0 Å². The fourth-order valence-electron chi connectivity index (χ4n) is 1.96. The zero-order valence-electron chi connectivity index (χ0n) is 11.9. The number of ether oxygens (including phenoxy) is 1. The standard InChI is InChI=1S/C16H19N3O/c1-3-19-15(10-13(2)18-19)12-20-16-8-4-6-14(11-16)7-5-9-17/h4,6,8,10-11H,3,9,12,17H2,1-2H3. The third-order valence-electron chi connectivity index (χ3n) is 2.84. The molecule has 4 nitrogen and oxygen atoms in total. The summed E-state index contributed by atoms with van der Waals surface area (Å²) in [5.41, 5.74) is 8.36. The fourth-order valence-corrected chi connectivity index (χ4v) is 1.96. The zero-order valence-corrected chi connectivity index (χ0v) is 11.9. The number of aryl methyl sites for hydroxylation is 2. The molecule has 0 saturated heterocycles. The van der Waals surface area contributed by atoms with E-state index in [1.807, 2.05) is 41.9 Å². The molecule has 0 bridgehead atoms. The van der Waals surface area contributed by atoms with Gasteiger partial charge in [0.15, 0.2) is 0 Å². The maximum atomic E-state index is 5.81. The molecular weight excluding hydrogens is 250 g/mol. The fraction of sp³-hybridized carbons (Fsp3) is 0.312. The lowest BCUT2D eigenvalue weighted by atomic mass is 10.2. The summed E-state index contributed by atoms with van der Waals surface area (Å²) in [6, 6.07) is 9.76. The van der Waals surface area contributed by atoms with E-state index in [1.54, 1.807) is 0 Å². The van der Waals surface area contributed by atoms with E-state index < -0.39 is 0 Å². The molecule has 20 heavy (non-hydrogen) atoms. The Morgan fingerprint density at radius 1 is 1.35 bits per heavy atom. The van der Waals surface area contributed by atoms with E-state index in [1.165, 1.54) is 0 Å². The second-order valence-electron chi connectivity index (χ2n) is 4.42. The number of hydrogen-bond acceptors (Lipinski definition) is 3. The molecule has 1 aromatic heterocycles. The molecule has 0 saturated carbocycles. The Kier molecular flexibility index (Phi) is 4.80. The van der Waals surface area contributed by atoms with Gasteiger partial charge in [0.2, 0.25) is 0 Å². The third kappa shape index (κ3) is 3.62. The summed E-state index contributed by atoms with van der Waals surface area (Å²) in [5, 5.41) is 4.40. The maximum absolute atomic E-state index is 5.81. The van der Waals surface area contributed by atoms with E-state index in [2.05, 4.69) is 23.9 Å². The Hall–Kier alpha value is -2.25. The molecule has 2 rings (SSSR count). The van der Waals surface area contributed by atoms with Crippen LogP contribution in [0.3, 0.4) is 0 Å². The van der Waals surface area contributed by atoms with Gasteiger partial charge in [-0.15, -0.1) is 0 Å². The zero-order chi connectivity index (χ0) is 14.4. The van der Waals surface area contributed by atoms with Crippen molar-refractivity contribution in [3.05, 3.63) is 47.3 Å². The number of nitrogens with two attached hydrogens (primary N) is 1. The molecule has 2 aromatic rings. The third-order valence-corrected chi connectivity index (χ3v) is 2.84. The van der Waals surface area contributed by atoms with Crippen molar-refractivity contribution in [2.45, 2.75) is 27.0 Å². The van der Waals surface area contributed by atoms with Gasteiger partial charge in [0.25, 0.3) is 0 Å². The second kappa shape index (κ2) is 6.78. The van der Waals surface area contributed by atoms with Crippen molar-refractivity contribution in [2.24, 2.45) is 5.73 Å². The van der Waals surface area contributed by atoms with Crippen LogP contribution in [0, 0.1) is 18.8 Å². The summed E-state index contributed by atoms with van der Waals surface area (Å²) in [6.07, 6.45) is 0. The quantitative estimate of drug-likeness (QED) is 0.865. The van der Waals surface area contributed by atoms with Crippen LogP contribution in [0.1, 0.15) is 23.9 Å². The monoisotopic (exact) mass is 269 g/mol. The highest BCUT2D eigenvalue weighted by Gasteiger charge is 2.05.